The number of nitrogens with one attached hydrogen (secondary N) is 1. The Kier molecular flexibility index (Phi) is 4.65. The second-order valence-corrected chi connectivity index (χ2v) is 6.80. The van der Waals surface area contributed by atoms with E-state index in [1.165, 1.54) is 6.20 Å². The van der Waals surface area contributed by atoms with Crippen molar-refractivity contribution in [3.8, 4) is 10.6 Å². The number of carboxylic acid groups (broad SMARTS) is 1. The number of carboxylic acids is 1. The van der Waals surface area contributed by atoms with E-state index in [9.17, 15) is 9.59 Å². The Morgan fingerprint density at radius 3 is 2.48 bits per heavy atom. The fourth-order valence-corrected chi connectivity index (χ4v) is 2.62. The van der Waals surface area contributed by atoms with Crippen molar-refractivity contribution in [1.82, 2.24) is 9.97 Å². The fraction of sp³-hybridized carbons (Fsp3) is 0.333. The lowest BCUT2D eigenvalue weighted by molar-refractivity contribution is 0.0633. The Bertz CT molecular complexity index is 732. The maximum Gasteiger partial charge on any atom is 0.413 e. The third kappa shape index (κ3) is 4.49. The number of carbonyl (C=O) groups excluding carboxylic acids is 1. The van der Waals surface area contributed by atoms with Gasteiger partial charge in [0.2, 0.25) is 0 Å². The normalized spacial score (nSPS) is 11.1. The van der Waals surface area contributed by atoms with Gasteiger partial charge in [-0.25, -0.2) is 19.6 Å². The van der Waals surface area contributed by atoms with Crippen LogP contribution in [0.25, 0.3) is 10.6 Å². The molecule has 0 aromatic carbocycles. The van der Waals surface area contributed by atoms with Crippen LogP contribution in [0.15, 0.2) is 18.3 Å². The number of pyridine rings is 1. The van der Waals surface area contributed by atoms with E-state index in [2.05, 4.69) is 15.3 Å². The average Bonchev–Trinajstić information content (AvgIpc) is 2.79. The average molecular weight is 335 g/mol. The summed E-state index contributed by atoms with van der Waals surface area (Å²) in [5.74, 6) is -0.655. The summed E-state index contributed by atoms with van der Waals surface area (Å²) < 4.78 is 5.14. The van der Waals surface area contributed by atoms with E-state index in [1.54, 1.807) is 39.8 Å². The third-order valence-electron chi connectivity index (χ3n) is 2.63. The highest BCUT2D eigenvalue weighted by molar-refractivity contribution is 7.17. The van der Waals surface area contributed by atoms with Gasteiger partial charge in [0, 0.05) is 11.8 Å². The highest BCUT2D eigenvalue weighted by Gasteiger charge is 2.17. The van der Waals surface area contributed by atoms with Gasteiger partial charge in [0.15, 0.2) is 0 Å². The number of rotatable bonds is 3. The first-order valence-corrected chi connectivity index (χ1v) is 7.64. The Labute approximate surface area is 137 Å². The Morgan fingerprint density at radius 1 is 1.30 bits per heavy atom. The summed E-state index contributed by atoms with van der Waals surface area (Å²) in [6.45, 7) is 6.96. The summed E-state index contributed by atoms with van der Waals surface area (Å²) in [5, 5.41) is 12.1. The summed E-state index contributed by atoms with van der Waals surface area (Å²) in [6, 6.07) is 3.32. The molecular weight excluding hydrogens is 318 g/mol. The van der Waals surface area contributed by atoms with Gasteiger partial charge in [-0.1, -0.05) is 0 Å². The van der Waals surface area contributed by atoms with Crippen molar-refractivity contribution in [1.29, 1.82) is 0 Å². The molecule has 2 rings (SSSR count). The summed E-state index contributed by atoms with van der Waals surface area (Å²) in [4.78, 5) is 31.3. The summed E-state index contributed by atoms with van der Waals surface area (Å²) >= 11 is 1.09. The minimum Gasteiger partial charge on any atom is -0.477 e. The van der Waals surface area contributed by atoms with E-state index in [-0.39, 0.29) is 4.88 Å². The zero-order chi connectivity index (χ0) is 17.2. The van der Waals surface area contributed by atoms with Crippen LogP contribution in [0.1, 0.15) is 36.1 Å². The lowest BCUT2D eigenvalue weighted by Gasteiger charge is -2.19. The van der Waals surface area contributed by atoms with Crippen molar-refractivity contribution in [2.24, 2.45) is 0 Å². The number of amides is 1. The maximum absolute atomic E-state index is 11.7. The number of ether oxygens (including phenoxy) is 1. The molecule has 0 atom stereocenters. The fourth-order valence-electron chi connectivity index (χ4n) is 1.72. The largest absolute Gasteiger partial charge is 0.477 e. The van der Waals surface area contributed by atoms with Crippen LogP contribution in [0.4, 0.5) is 10.6 Å². The summed E-state index contributed by atoms with van der Waals surface area (Å²) in [5.41, 5.74) is 0.559. The molecule has 0 fully saturated rings. The Balaban J connectivity index is 2.12. The van der Waals surface area contributed by atoms with Crippen LogP contribution in [0, 0.1) is 6.92 Å². The molecule has 7 nitrogen and oxygen atoms in total. The number of aryl methyl sites for hydroxylation is 1. The Hall–Kier alpha value is -2.48. The molecule has 23 heavy (non-hydrogen) atoms. The zero-order valence-electron chi connectivity index (χ0n) is 13.2. The van der Waals surface area contributed by atoms with E-state index in [1.807, 2.05) is 0 Å². The molecule has 2 aromatic rings. The van der Waals surface area contributed by atoms with Gasteiger partial charge in [-0.3, -0.25) is 5.32 Å². The Morgan fingerprint density at radius 2 is 2.00 bits per heavy atom. The van der Waals surface area contributed by atoms with Crippen LogP contribution in [0.3, 0.4) is 0 Å². The van der Waals surface area contributed by atoms with E-state index >= 15 is 0 Å². The molecule has 0 saturated carbocycles. The van der Waals surface area contributed by atoms with Gasteiger partial charge in [0.1, 0.15) is 21.3 Å². The van der Waals surface area contributed by atoms with E-state index in [0.29, 0.717) is 22.1 Å². The molecule has 0 aliphatic rings. The van der Waals surface area contributed by atoms with Crippen molar-refractivity contribution in [3.63, 3.8) is 0 Å². The van der Waals surface area contributed by atoms with E-state index in [0.717, 1.165) is 11.3 Å². The molecule has 0 bridgehead atoms. The first-order valence-electron chi connectivity index (χ1n) is 6.83. The van der Waals surface area contributed by atoms with E-state index in [4.69, 9.17) is 9.84 Å². The van der Waals surface area contributed by atoms with Crippen LogP contribution in [-0.4, -0.2) is 32.7 Å². The first-order chi connectivity index (χ1) is 10.7. The van der Waals surface area contributed by atoms with Gasteiger partial charge in [0.25, 0.3) is 0 Å². The van der Waals surface area contributed by atoms with Gasteiger partial charge in [-0.2, -0.15) is 0 Å². The minimum absolute atomic E-state index is 0.205. The van der Waals surface area contributed by atoms with Crippen LogP contribution in [0.2, 0.25) is 0 Å². The molecule has 0 saturated heterocycles. The molecule has 2 N–H and O–H groups in total. The molecule has 2 heterocycles. The number of hydrogen-bond donors (Lipinski definition) is 2. The highest BCUT2D eigenvalue weighted by atomic mass is 32.1. The summed E-state index contributed by atoms with van der Waals surface area (Å²) in [7, 11) is 0. The lowest BCUT2D eigenvalue weighted by Crippen LogP contribution is -2.27. The highest BCUT2D eigenvalue weighted by Crippen LogP contribution is 2.28. The van der Waals surface area contributed by atoms with Crippen molar-refractivity contribution in [2.75, 3.05) is 5.32 Å². The van der Waals surface area contributed by atoms with Crippen molar-refractivity contribution < 1.29 is 19.4 Å². The molecule has 0 unspecified atom stereocenters. The monoisotopic (exact) mass is 335 g/mol. The molecule has 122 valence electrons. The van der Waals surface area contributed by atoms with Gasteiger partial charge in [0.05, 0.1) is 5.69 Å². The van der Waals surface area contributed by atoms with Crippen LogP contribution in [0.5, 0.6) is 0 Å². The number of nitrogens with zero attached hydrogens (tertiary/aromatic N) is 2. The number of hydrogen-bond acceptors (Lipinski definition) is 6. The molecule has 0 radical (unpaired) electrons. The number of aromatic nitrogens is 2. The van der Waals surface area contributed by atoms with Crippen molar-refractivity contribution in [3.05, 3.63) is 28.9 Å². The standard InChI is InChI=1S/C15H17N3O4S/c1-8-11(13(19)20)23-12(17-8)9-5-6-10(16-7-9)18-14(21)22-15(2,3)4/h5-7H,1-4H3,(H,19,20)(H,16,18,21). The molecule has 1 amide bonds. The first kappa shape index (κ1) is 16.9. The predicted molar refractivity (Wildman–Crippen MR) is 86.9 cm³/mol. The molecule has 2 aromatic heterocycles. The topological polar surface area (TPSA) is 101 Å². The second kappa shape index (κ2) is 6.33. The lowest BCUT2D eigenvalue weighted by atomic mass is 10.2. The zero-order valence-corrected chi connectivity index (χ0v) is 14.0. The predicted octanol–water partition coefficient (Wildman–Crippen LogP) is 3.56. The van der Waals surface area contributed by atoms with Gasteiger partial charge in [-0.15, -0.1) is 11.3 Å². The quantitative estimate of drug-likeness (QED) is 0.889. The van der Waals surface area contributed by atoms with Gasteiger partial charge < -0.3 is 9.84 Å². The molecule has 0 aliphatic heterocycles. The number of aromatic carboxylic acids is 1. The number of anilines is 1. The number of thiazole rings is 1. The maximum atomic E-state index is 11.7. The van der Waals surface area contributed by atoms with Crippen molar-refractivity contribution in [2.45, 2.75) is 33.3 Å². The van der Waals surface area contributed by atoms with Crippen LogP contribution >= 0.6 is 11.3 Å². The second-order valence-electron chi connectivity index (χ2n) is 5.80. The van der Waals surface area contributed by atoms with Crippen LogP contribution in [-0.2, 0) is 4.74 Å². The molecule has 8 heteroatoms. The van der Waals surface area contributed by atoms with Gasteiger partial charge in [-0.05, 0) is 39.8 Å². The van der Waals surface area contributed by atoms with Gasteiger partial charge >= 0.3 is 12.1 Å². The third-order valence-corrected chi connectivity index (χ3v) is 3.82. The smallest absolute Gasteiger partial charge is 0.413 e. The van der Waals surface area contributed by atoms with Crippen LogP contribution < -0.4 is 5.32 Å². The van der Waals surface area contributed by atoms with Crippen molar-refractivity contribution >= 4 is 29.2 Å². The minimum atomic E-state index is -0.998. The molecular formula is C15H17N3O4S. The molecule has 0 aliphatic carbocycles. The number of carbonyl (C=O) groups is 2. The summed E-state index contributed by atoms with van der Waals surface area (Å²) in [6.07, 6.45) is 0.937. The van der Waals surface area contributed by atoms with E-state index < -0.39 is 17.7 Å². The SMILES string of the molecule is Cc1nc(-c2ccc(NC(=O)OC(C)(C)C)nc2)sc1C(=O)O. The molecule has 0 spiro atoms.